The molecular formula is C26H28FN3O3. The van der Waals surface area contributed by atoms with Crippen LogP contribution in [0.4, 0.5) is 15.8 Å². The number of nitrogens with one attached hydrogen (secondary N) is 1. The number of hydrogen-bond donors (Lipinski definition) is 1. The highest BCUT2D eigenvalue weighted by Crippen LogP contribution is 2.29. The third-order valence-electron chi connectivity index (χ3n) is 6.28. The first-order chi connectivity index (χ1) is 16.2. The Morgan fingerprint density at radius 3 is 2.33 bits per heavy atom. The maximum atomic E-state index is 14.4. The van der Waals surface area contributed by atoms with Gasteiger partial charge in [0.25, 0.3) is 5.91 Å². The maximum absolute atomic E-state index is 14.4. The van der Waals surface area contributed by atoms with Crippen LogP contribution in [0, 0.1) is 5.82 Å². The van der Waals surface area contributed by atoms with Gasteiger partial charge in [-0.1, -0.05) is 30.3 Å². The summed E-state index contributed by atoms with van der Waals surface area (Å²) in [6.45, 7) is 6.74. The van der Waals surface area contributed by atoms with E-state index in [0.29, 0.717) is 37.6 Å². The van der Waals surface area contributed by atoms with E-state index in [-0.39, 0.29) is 5.91 Å². The van der Waals surface area contributed by atoms with E-state index in [2.05, 4.69) is 22.3 Å². The summed E-state index contributed by atoms with van der Waals surface area (Å²) < 4.78 is 25.2. The zero-order valence-corrected chi connectivity index (χ0v) is 18.6. The Hall–Kier alpha value is -3.00. The summed E-state index contributed by atoms with van der Waals surface area (Å²) in [5.41, 5.74) is 2.94. The van der Waals surface area contributed by atoms with Gasteiger partial charge >= 0.3 is 0 Å². The number of hydrogen-bond acceptors (Lipinski definition) is 5. The van der Waals surface area contributed by atoms with Crippen LogP contribution in [0.5, 0.6) is 0 Å². The van der Waals surface area contributed by atoms with Crippen molar-refractivity contribution in [3.8, 4) is 0 Å². The van der Waals surface area contributed by atoms with E-state index in [9.17, 15) is 9.18 Å². The molecule has 0 aromatic heterocycles. The lowest BCUT2D eigenvalue weighted by atomic mass is 10.0. The molecule has 2 aliphatic rings. The summed E-state index contributed by atoms with van der Waals surface area (Å²) in [5.74, 6) is -0.745. The molecule has 3 aromatic carbocycles. The van der Waals surface area contributed by atoms with Gasteiger partial charge < -0.3 is 19.7 Å². The lowest BCUT2D eigenvalue weighted by molar-refractivity contribution is 0.0343. The number of benzene rings is 3. The Balaban J connectivity index is 1.39. The quantitative estimate of drug-likeness (QED) is 0.640. The largest absolute Gasteiger partial charge is 0.379 e. The second-order valence-electron chi connectivity index (χ2n) is 8.46. The van der Waals surface area contributed by atoms with Crippen LogP contribution in [0.15, 0.2) is 54.6 Å². The van der Waals surface area contributed by atoms with Crippen molar-refractivity contribution in [2.45, 2.75) is 6.54 Å². The highest BCUT2D eigenvalue weighted by Gasteiger charge is 2.17. The molecule has 0 bridgehead atoms. The second-order valence-corrected chi connectivity index (χ2v) is 8.46. The van der Waals surface area contributed by atoms with Crippen LogP contribution in [0.25, 0.3) is 10.8 Å². The van der Waals surface area contributed by atoms with E-state index in [1.807, 2.05) is 29.2 Å². The zero-order chi connectivity index (χ0) is 22.6. The fourth-order valence-corrected chi connectivity index (χ4v) is 4.51. The summed E-state index contributed by atoms with van der Waals surface area (Å²) >= 11 is 0. The molecule has 2 heterocycles. The monoisotopic (exact) mass is 449 g/mol. The number of morpholine rings is 2. The van der Waals surface area contributed by atoms with E-state index in [1.165, 1.54) is 17.7 Å². The fraction of sp³-hybridized carbons (Fsp3) is 0.346. The predicted molar refractivity (Wildman–Crippen MR) is 127 cm³/mol. The third kappa shape index (κ3) is 5.00. The van der Waals surface area contributed by atoms with Gasteiger partial charge in [-0.05, 0) is 35.2 Å². The predicted octanol–water partition coefficient (Wildman–Crippen LogP) is 3.90. The number of nitrogens with zero attached hydrogens (tertiary/aromatic N) is 2. The normalized spacial score (nSPS) is 17.3. The average molecular weight is 450 g/mol. The minimum Gasteiger partial charge on any atom is -0.379 e. The molecule has 0 unspecified atom stereocenters. The van der Waals surface area contributed by atoms with Crippen molar-refractivity contribution < 1.29 is 18.7 Å². The first-order valence-electron chi connectivity index (χ1n) is 11.4. The minimum atomic E-state index is -0.421. The van der Waals surface area contributed by atoms with Gasteiger partial charge in [-0.15, -0.1) is 0 Å². The Labute approximate surface area is 192 Å². The molecule has 1 amide bonds. The molecule has 5 rings (SSSR count). The van der Waals surface area contributed by atoms with Crippen molar-refractivity contribution in [3.05, 3.63) is 71.5 Å². The van der Waals surface area contributed by atoms with Crippen molar-refractivity contribution in [1.29, 1.82) is 0 Å². The van der Waals surface area contributed by atoms with Gasteiger partial charge in [-0.3, -0.25) is 9.69 Å². The lowest BCUT2D eigenvalue weighted by Crippen LogP contribution is -2.36. The molecule has 172 valence electrons. The van der Waals surface area contributed by atoms with Gasteiger partial charge in [0.2, 0.25) is 0 Å². The number of carbonyl (C=O) groups excluding carboxylic acids is 1. The molecule has 3 aromatic rings. The molecule has 0 saturated carbocycles. The molecule has 0 radical (unpaired) electrons. The number of halogens is 1. The smallest absolute Gasteiger partial charge is 0.255 e. The number of anilines is 2. The average Bonchev–Trinajstić information content (AvgIpc) is 2.86. The number of carbonyl (C=O) groups is 1. The molecule has 0 spiro atoms. The van der Waals surface area contributed by atoms with Crippen LogP contribution in [-0.4, -0.2) is 63.4 Å². The van der Waals surface area contributed by atoms with Crippen LogP contribution < -0.4 is 10.2 Å². The molecule has 2 aliphatic heterocycles. The SMILES string of the molecule is O=C(Nc1ccc(CN2CCOCC2)c2ccccc12)c1cc(F)cc(N2CCOCC2)c1. The minimum absolute atomic E-state index is 0.304. The molecule has 0 atom stereocenters. The van der Waals surface area contributed by atoms with E-state index < -0.39 is 5.82 Å². The molecule has 33 heavy (non-hydrogen) atoms. The second kappa shape index (κ2) is 9.87. The molecule has 7 heteroatoms. The van der Waals surface area contributed by atoms with Crippen LogP contribution in [-0.2, 0) is 16.0 Å². The highest BCUT2D eigenvalue weighted by molar-refractivity contribution is 6.10. The Bertz CT molecular complexity index is 1140. The molecule has 0 aliphatic carbocycles. The van der Waals surface area contributed by atoms with Crippen LogP contribution in [0.1, 0.15) is 15.9 Å². The van der Waals surface area contributed by atoms with Gasteiger partial charge in [-0.2, -0.15) is 0 Å². The summed E-state index contributed by atoms with van der Waals surface area (Å²) in [6, 6.07) is 16.6. The van der Waals surface area contributed by atoms with Crippen LogP contribution in [0.2, 0.25) is 0 Å². The van der Waals surface area contributed by atoms with Crippen molar-refractivity contribution >= 4 is 28.1 Å². The van der Waals surface area contributed by atoms with Gasteiger partial charge in [-0.25, -0.2) is 4.39 Å². The topological polar surface area (TPSA) is 54.0 Å². The fourth-order valence-electron chi connectivity index (χ4n) is 4.51. The van der Waals surface area contributed by atoms with E-state index in [4.69, 9.17) is 9.47 Å². The van der Waals surface area contributed by atoms with Crippen LogP contribution in [0.3, 0.4) is 0 Å². The standard InChI is InChI=1S/C26H28FN3O3/c27-21-15-20(16-22(17-21)30-9-13-33-14-10-30)26(31)28-25-6-5-19(18-29-7-11-32-12-8-29)23-3-1-2-4-24(23)25/h1-6,15-17H,7-14,18H2,(H,28,31). The highest BCUT2D eigenvalue weighted by atomic mass is 19.1. The van der Waals surface area contributed by atoms with E-state index >= 15 is 0 Å². The molecule has 2 saturated heterocycles. The van der Waals surface area contributed by atoms with Gasteiger partial charge in [0, 0.05) is 55.0 Å². The van der Waals surface area contributed by atoms with Crippen molar-refractivity contribution in [2.75, 3.05) is 62.8 Å². The van der Waals surface area contributed by atoms with E-state index in [0.717, 1.165) is 49.3 Å². The number of rotatable bonds is 5. The summed E-state index contributed by atoms with van der Waals surface area (Å²) in [6.07, 6.45) is 0. The van der Waals surface area contributed by atoms with Gasteiger partial charge in [0.05, 0.1) is 26.4 Å². The molecular weight excluding hydrogens is 421 g/mol. The molecule has 1 N–H and O–H groups in total. The van der Waals surface area contributed by atoms with Crippen LogP contribution >= 0.6 is 0 Å². The maximum Gasteiger partial charge on any atom is 0.255 e. The Kier molecular flexibility index (Phi) is 6.53. The summed E-state index contributed by atoms with van der Waals surface area (Å²) in [4.78, 5) is 17.5. The van der Waals surface area contributed by atoms with Gasteiger partial charge in [0.1, 0.15) is 5.82 Å². The summed E-state index contributed by atoms with van der Waals surface area (Å²) in [5, 5.41) is 5.09. The van der Waals surface area contributed by atoms with E-state index in [1.54, 1.807) is 6.07 Å². The summed E-state index contributed by atoms with van der Waals surface area (Å²) in [7, 11) is 0. The molecule has 6 nitrogen and oxygen atoms in total. The Morgan fingerprint density at radius 2 is 1.58 bits per heavy atom. The van der Waals surface area contributed by atoms with Crippen molar-refractivity contribution in [2.24, 2.45) is 0 Å². The molecule has 2 fully saturated rings. The van der Waals surface area contributed by atoms with Crippen molar-refractivity contribution in [1.82, 2.24) is 4.90 Å². The number of amides is 1. The lowest BCUT2D eigenvalue weighted by Gasteiger charge is -2.29. The third-order valence-corrected chi connectivity index (χ3v) is 6.28. The van der Waals surface area contributed by atoms with Gasteiger partial charge in [0.15, 0.2) is 0 Å². The first-order valence-corrected chi connectivity index (χ1v) is 11.4. The van der Waals surface area contributed by atoms with Crippen molar-refractivity contribution in [3.63, 3.8) is 0 Å². The number of fused-ring (bicyclic) bond motifs is 1. The Morgan fingerprint density at radius 1 is 0.879 bits per heavy atom. The number of ether oxygens (including phenoxy) is 2. The zero-order valence-electron chi connectivity index (χ0n) is 18.6. The first kappa shape index (κ1) is 21.8.